The maximum atomic E-state index is 12.2. The predicted molar refractivity (Wildman–Crippen MR) is 102 cm³/mol. The van der Waals surface area contributed by atoms with Crippen LogP contribution in [0.1, 0.15) is 12.8 Å². The summed E-state index contributed by atoms with van der Waals surface area (Å²) in [7, 11) is 1.57. The monoisotopic (exact) mass is 431 g/mol. The van der Waals surface area contributed by atoms with Gasteiger partial charge in [0.05, 0.1) is 13.7 Å². The smallest absolute Gasteiger partial charge is 0.261 e. The summed E-state index contributed by atoms with van der Waals surface area (Å²) in [5.74, 6) is 1.69. The molecule has 0 aliphatic rings. The van der Waals surface area contributed by atoms with E-state index in [0.29, 0.717) is 23.2 Å². The van der Waals surface area contributed by atoms with E-state index in [2.05, 4.69) is 31.4 Å². The molecule has 27 heavy (non-hydrogen) atoms. The first kappa shape index (κ1) is 18.9. The van der Waals surface area contributed by atoms with Crippen molar-refractivity contribution in [1.82, 2.24) is 15.5 Å². The van der Waals surface area contributed by atoms with Gasteiger partial charge >= 0.3 is 0 Å². The highest BCUT2D eigenvalue weighted by Gasteiger charge is 2.16. The van der Waals surface area contributed by atoms with Gasteiger partial charge in [0.15, 0.2) is 6.10 Å². The van der Waals surface area contributed by atoms with Gasteiger partial charge in [0.25, 0.3) is 5.91 Å². The molecule has 3 rings (SSSR count). The fourth-order valence-corrected chi connectivity index (χ4v) is 2.71. The van der Waals surface area contributed by atoms with Gasteiger partial charge in [0.1, 0.15) is 11.5 Å². The van der Waals surface area contributed by atoms with Crippen LogP contribution in [0.2, 0.25) is 0 Å². The second kappa shape index (κ2) is 8.68. The molecule has 0 saturated heterocycles. The number of carbonyl (C=O) groups is 1. The lowest BCUT2D eigenvalue weighted by Gasteiger charge is -2.14. The van der Waals surface area contributed by atoms with E-state index in [0.717, 1.165) is 10.0 Å². The van der Waals surface area contributed by atoms with Gasteiger partial charge in [-0.05, 0) is 31.2 Å². The van der Waals surface area contributed by atoms with E-state index in [1.165, 1.54) is 0 Å². The second-order valence-corrected chi connectivity index (χ2v) is 6.59. The van der Waals surface area contributed by atoms with Crippen LogP contribution in [0.3, 0.4) is 0 Å². The van der Waals surface area contributed by atoms with Gasteiger partial charge in [-0.25, -0.2) is 0 Å². The summed E-state index contributed by atoms with van der Waals surface area (Å²) in [6.45, 7) is 1.78. The number of nitrogens with one attached hydrogen (secondary N) is 1. The van der Waals surface area contributed by atoms with E-state index >= 15 is 0 Å². The summed E-state index contributed by atoms with van der Waals surface area (Å²) < 4.78 is 16.9. The third-order valence-corrected chi connectivity index (χ3v) is 4.18. The molecular weight excluding hydrogens is 414 g/mol. The molecule has 1 N–H and O–H groups in total. The molecule has 0 fully saturated rings. The van der Waals surface area contributed by atoms with E-state index in [-0.39, 0.29) is 12.5 Å². The molecule has 3 aromatic rings. The number of nitrogens with zero attached hydrogens (tertiary/aromatic N) is 2. The Morgan fingerprint density at radius 1 is 1.22 bits per heavy atom. The average molecular weight is 432 g/mol. The summed E-state index contributed by atoms with van der Waals surface area (Å²) >= 11 is 3.40. The first-order valence-corrected chi connectivity index (χ1v) is 9.01. The van der Waals surface area contributed by atoms with Gasteiger partial charge in [-0.3, -0.25) is 4.79 Å². The van der Waals surface area contributed by atoms with Gasteiger partial charge in [0, 0.05) is 16.1 Å². The Morgan fingerprint density at radius 3 is 2.78 bits per heavy atom. The lowest BCUT2D eigenvalue weighted by atomic mass is 10.2. The SMILES string of the molecule is COc1cccc(O[C@H](C)C(=O)NCc2nc(-c3cccc(Br)c3)no2)c1. The molecule has 1 aromatic heterocycles. The van der Waals surface area contributed by atoms with Crippen LogP contribution in [0, 0.1) is 0 Å². The van der Waals surface area contributed by atoms with Gasteiger partial charge in [-0.15, -0.1) is 0 Å². The number of halogens is 1. The Labute approximate surface area is 164 Å². The Balaban J connectivity index is 1.55. The molecule has 140 valence electrons. The quantitative estimate of drug-likeness (QED) is 0.614. The highest BCUT2D eigenvalue weighted by Crippen LogP contribution is 2.21. The van der Waals surface area contributed by atoms with Gasteiger partial charge < -0.3 is 19.3 Å². The molecule has 0 aliphatic carbocycles. The topological polar surface area (TPSA) is 86.5 Å². The highest BCUT2D eigenvalue weighted by atomic mass is 79.9. The Morgan fingerprint density at radius 2 is 2.00 bits per heavy atom. The van der Waals surface area contributed by atoms with Crippen molar-refractivity contribution in [3.8, 4) is 22.9 Å². The van der Waals surface area contributed by atoms with E-state index in [1.807, 2.05) is 24.3 Å². The van der Waals surface area contributed by atoms with Crippen molar-refractivity contribution in [3.63, 3.8) is 0 Å². The Bertz CT molecular complexity index is 929. The first-order chi connectivity index (χ1) is 13.0. The molecular formula is C19H18BrN3O4. The molecule has 0 bridgehead atoms. The maximum absolute atomic E-state index is 12.2. The lowest BCUT2D eigenvalue weighted by molar-refractivity contribution is -0.127. The van der Waals surface area contributed by atoms with Crippen LogP contribution in [0.15, 0.2) is 57.5 Å². The van der Waals surface area contributed by atoms with Crippen LogP contribution in [0.5, 0.6) is 11.5 Å². The minimum absolute atomic E-state index is 0.117. The Kier molecular flexibility index (Phi) is 6.08. The second-order valence-electron chi connectivity index (χ2n) is 5.68. The number of ether oxygens (including phenoxy) is 2. The number of hydrogen-bond donors (Lipinski definition) is 1. The third-order valence-electron chi connectivity index (χ3n) is 3.69. The molecule has 0 saturated carbocycles. The largest absolute Gasteiger partial charge is 0.497 e. The first-order valence-electron chi connectivity index (χ1n) is 8.22. The summed E-state index contributed by atoms with van der Waals surface area (Å²) in [5, 5.41) is 6.66. The summed E-state index contributed by atoms with van der Waals surface area (Å²) in [6.07, 6.45) is -0.690. The zero-order valence-corrected chi connectivity index (χ0v) is 16.4. The highest BCUT2D eigenvalue weighted by molar-refractivity contribution is 9.10. The van der Waals surface area contributed by atoms with Crippen molar-refractivity contribution in [3.05, 3.63) is 58.9 Å². The molecule has 2 aromatic carbocycles. The number of methoxy groups -OCH3 is 1. The van der Waals surface area contributed by atoms with E-state index < -0.39 is 6.10 Å². The van der Waals surface area contributed by atoms with Crippen molar-refractivity contribution >= 4 is 21.8 Å². The van der Waals surface area contributed by atoms with E-state index in [9.17, 15) is 4.79 Å². The van der Waals surface area contributed by atoms with Crippen LogP contribution in [-0.2, 0) is 11.3 Å². The van der Waals surface area contributed by atoms with Crippen LogP contribution >= 0.6 is 15.9 Å². The van der Waals surface area contributed by atoms with Crippen molar-refractivity contribution in [1.29, 1.82) is 0 Å². The standard InChI is InChI=1S/C19H18BrN3O4/c1-12(26-16-8-4-7-15(10-16)25-2)19(24)21-11-17-22-18(23-27-17)13-5-3-6-14(20)9-13/h3-10,12H,11H2,1-2H3,(H,21,24)/t12-/m1/s1. The van der Waals surface area contributed by atoms with Crippen LogP contribution in [-0.4, -0.2) is 29.3 Å². The maximum Gasteiger partial charge on any atom is 0.261 e. The minimum atomic E-state index is -0.690. The van der Waals surface area contributed by atoms with Crippen LogP contribution in [0.25, 0.3) is 11.4 Å². The minimum Gasteiger partial charge on any atom is -0.497 e. The summed E-state index contributed by atoms with van der Waals surface area (Å²) in [5.41, 5.74) is 0.820. The molecule has 1 amide bonds. The van der Waals surface area contributed by atoms with Gasteiger partial charge in [-0.1, -0.05) is 39.3 Å². The van der Waals surface area contributed by atoms with Gasteiger partial charge in [-0.2, -0.15) is 4.98 Å². The fraction of sp³-hybridized carbons (Fsp3) is 0.211. The van der Waals surface area contributed by atoms with Crippen molar-refractivity contribution < 1.29 is 18.8 Å². The normalized spacial score (nSPS) is 11.7. The third kappa shape index (κ3) is 5.07. The predicted octanol–water partition coefficient (Wildman–Crippen LogP) is 3.59. The lowest BCUT2D eigenvalue weighted by Crippen LogP contribution is -2.36. The molecule has 1 atom stereocenters. The molecule has 1 heterocycles. The fourth-order valence-electron chi connectivity index (χ4n) is 2.31. The molecule has 0 unspecified atom stereocenters. The van der Waals surface area contributed by atoms with Crippen LogP contribution < -0.4 is 14.8 Å². The summed E-state index contributed by atoms with van der Waals surface area (Å²) in [4.78, 5) is 16.5. The Hall–Kier alpha value is -2.87. The molecule has 0 radical (unpaired) electrons. The van der Waals surface area contributed by atoms with Crippen molar-refractivity contribution in [2.24, 2.45) is 0 Å². The van der Waals surface area contributed by atoms with E-state index in [1.54, 1.807) is 38.3 Å². The number of aromatic nitrogens is 2. The number of carbonyl (C=O) groups excluding carboxylic acids is 1. The van der Waals surface area contributed by atoms with Crippen molar-refractivity contribution in [2.45, 2.75) is 19.6 Å². The molecule has 0 aliphatic heterocycles. The molecule has 8 heteroatoms. The number of hydrogen-bond acceptors (Lipinski definition) is 6. The van der Waals surface area contributed by atoms with Crippen LogP contribution in [0.4, 0.5) is 0 Å². The molecule has 0 spiro atoms. The summed E-state index contributed by atoms with van der Waals surface area (Å²) in [6, 6.07) is 14.6. The van der Waals surface area contributed by atoms with Crippen molar-refractivity contribution in [2.75, 3.05) is 7.11 Å². The average Bonchev–Trinajstić information content (AvgIpc) is 3.15. The van der Waals surface area contributed by atoms with Gasteiger partial charge in [0.2, 0.25) is 11.7 Å². The number of rotatable bonds is 7. The van der Waals surface area contributed by atoms with E-state index in [4.69, 9.17) is 14.0 Å². The zero-order chi connectivity index (χ0) is 19.2. The number of amides is 1. The molecule has 7 nitrogen and oxygen atoms in total. The number of benzene rings is 2. The zero-order valence-electron chi connectivity index (χ0n) is 14.8.